The molecule has 138 valence electrons. The number of amides is 2. The molecule has 1 saturated heterocycles. The first kappa shape index (κ1) is 22.9. The summed E-state index contributed by atoms with van der Waals surface area (Å²) in [6, 6.07) is 0. The molecule has 1 aliphatic rings. The molecule has 4 N–H and O–H groups in total. The standard InChI is InChI=1S/C12H14O2.C6H10N2O2.ClH/c1-7-8(2)10(4)12(6-14)11(5-13)9(7)3;1-6(7)3-2-4(9)8-5(6)10;/h5-6H,1-4H3;2-3,7H2,1H3,(H,8,9,10);1H. The van der Waals surface area contributed by atoms with E-state index in [1.54, 1.807) is 6.92 Å². The third kappa shape index (κ3) is 4.96. The molecular weight excluding hydrogens is 344 g/mol. The van der Waals surface area contributed by atoms with Crippen molar-refractivity contribution in [3.05, 3.63) is 33.4 Å². The molecule has 0 spiro atoms. The zero-order valence-electron chi connectivity index (χ0n) is 15.3. The summed E-state index contributed by atoms with van der Waals surface area (Å²) in [6.07, 6.45) is 2.49. The van der Waals surface area contributed by atoms with Gasteiger partial charge >= 0.3 is 0 Å². The normalized spacial score (nSPS) is 19.1. The molecule has 0 radical (unpaired) electrons. The van der Waals surface area contributed by atoms with E-state index < -0.39 is 5.54 Å². The number of benzene rings is 1. The van der Waals surface area contributed by atoms with Gasteiger partial charge in [-0.25, -0.2) is 0 Å². The van der Waals surface area contributed by atoms with E-state index >= 15 is 0 Å². The van der Waals surface area contributed by atoms with Gasteiger partial charge in [0.25, 0.3) is 5.91 Å². The van der Waals surface area contributed by atoms with Crippen LogP contribution in [0.1, 0.15) is 62.7 Å². The number of halogens is 1. The van der Waals surface area contributed by atoms with Crippen LogP contribution in [0.4, 0.5) is 0 Å². The summed E-state index contributed by atoms with van der Waals surface area (Å²) in [5.41, 5.74) is 8.13. The van der Waals surface area contributed by atoms with Gasteiger partial charge in [-0.05, 0) is 56.9 Å². The summed E-state index contributed by atoms with van der Waals surface area (Å²) in [5.74, 6) is -0.449. The number of imide groups is 1. The Morgan fingerprint density at radius 3 is 1.60 bits per heavy atom. The number of piperidine rings is 1. The molecule has 1 aliphatic heterocycles. The van der Waals surface area contributed by atoms with Crippen molar-refractivity contribution in [1.82, 2.24) is 5.32 Å². The van der Waals surface area contributed by atoms with Crippen molar-refractivity contribution < 1.29 is 37.3 Å². The maximum atomic E-state index is 10.9. The molecule has 0 saturated carbocycles. The Balaban J connectivity index is 0.000000465. The first-order valence-corrected chi connectivity index (χ1v) is 7.77. The molecule has 0 bridgehead atoms. The largest absolute Gasteiger partial charge is 1.00 e. The SMILES string of the molecule is CC1([NH3+])CCC(=O)NC1=O.Cc1c(C)c(C)c(C=O)c(C=O)c1C.[Cl-]. The zero-order valence-corrected chi connectivity index (χ0v) is 16.0. The number of rotatable bonds is 2. The number of nitrogens with one attached hydrogen (secondary N) is 1. The molecule has 1 fully saturated rings. The molecule has 1 aromatic carbocycles. The van der Waals surface area contributed by atoms with E-state index in [1.165, 1.54) is 0 Å². The van der Waals surface area contributed by atoms with Gasteiger partial charge in [0.05, 0.1) is 0 Å². The van der Waals surface area contributed by atoms with Crippen LogP contribution in [-0.4, -0.2) is 29.9 Å². The fourth-order valence-corrected chi connectivity index (χ4v) is 2.52. The smallest absolute Gasteiger partial charge is 0.287 e. The van der Waals surface area contributed by atoms with Crippen molar-refractivity contribution in [1.29, 1.82) is 0 Å². The lowest BCUT2D eigenvalue weighted by molar-refractivity contribution is -0.454. The molecule has 0 aliphatic carbocycles. The van der Waals surface area contributed by atoms with E-state index in [4.69, 9.17) is 0 Å². The number of carbonyl (C=O) groups excluding carboxylic acids is 4. The molecule has 1 unspecified atom stereocenters. The van der Waals surface area contributed by atoms with E-state index in [0.29, 0.717) is 24.0 Å². The summed E-state index contributed by atoms with van der Waals surface area (Å²) >= 11 is 0. The number of carbonyl (C=O) groups is 4. The monoisotopic (exact) mass is 368 g/mol. The molecule has 25 heavy (non-hydrogen) atoms. The topological polar surface area (TPSA) is 108 Å². The summed E-state index contributed by atoms with van der Waals surface area (Å²) < 4.78 is 0. The highest BCUT2D eigenvalue weighted by molar-refractivity contribution is 6.01. The second-order valence-electron chi connectivity index (χ2n) is 6.50. The maximum absolute atomic E-state index is 10.9. The second-order valence-corrected chi connectivity index (χ2v) is 6.50. The van der Waals surface area contributed by atoms with Crippen LogP contribution in [0.3, 0.4) is 0 Å². The first-order chi connectivity index (χ1) is 11.1. The highest BCUT2D eigenvalue weighted by Gasteiger charge is 2.38. The van der Waals surface area contributed by atoms with Gasteiger partial charge in [0.1, 0.15) is 0 Å². The Bertz CT molecular complexity index is 673. The van der Waals surface area contributed by atoms with Gasteiger partial charge in [-0.3, -0.25) is 24.5 Å². The van der Waals surface area contributed by atoms with Crippen LogP contribution in [0.5, 0.6) is 0 Å². The Labute approximate surface area is 153 Å². The quantitative estimate of drug-likeness (QED) is 0.463. The third-order valence-electron chi connectivity index (χ3n) is 4.73. The van der Waals surface area contributed by atoms with Crippen LogP contribution in [0.25, 0.3) is 0 Å². The summed E-state index contributed by atoms with van der Waals surface area (Å²) in [4.78, 5) is 43.3. The number of quaternary nitrogens is 1. The lowest BCUT2D eigenvalue weighted by atomic mass is 9.90. The minimum Gasteiger partial charge on any atom is -1.00 e. The molecule has 1 aromatic rings. The second kappa shape index (κ2) is 8.87. The van der Waals surface area contributed by atoms with E-state index in [0.717, 1.165) is 34.8 Å². The third-order valence-corrected chi connectivity index (χ3v) is 4.73. The Morgan fingerprint density at radius 1 is 0.920 bits per heavy atom. The van der Waals surface area contributed by atoms with Crippen molar-refractivity contribution >= 4 is 24.4 Å². The fourth-order valence-electron chi connectivity index (χ4n) is 2.52. The van der Waals surface area contributed by atoms with Crippen LogP contribution in [0.15, 0.2) is 0 Å². The van der Waals surface area contributed by atoms with Crippen LogP contribution in [0.2, 0.25) is 0 Å². The van der Waals surface area contributed by atoms with Gasteiger partial charge in [0, 0.05) is 24.0 Å². The molecule has 1 atom stereocenters. The molecule has 0 aromatic heterocycles. The van der Waals surface area contributed by atoms with Crippen LogP contribution < -0.4 is 23.5 Å². The Morgan fingerprint density at radius 2 is 1.32 bits per heavy atom. The van der Waals surface area contributed by atoms with E-state index in [9.17, 15) is 19.2 Å². The summed E-state index contributed by atoms with van der Waals surface area (Å²) in [7, 11) is 0. The molecular formula is C18H25ClN2O4. The Hall–Kier alpha value is -2.05. The van der Waals surface area contributed by atoms with Crippen molar-refractivity contribution in [2.45, 2.75) is 53.0 Å². The molecule has 1 heterocycles. The molecule has 2 amide bonds. The van der Waals surface area contributed by atoms with E-state index in [2.05, 4.69) is 11.1 Å². The maximum Gasteiger partial charge on any atom is 0.287 e. The van der Waals surface area contributed by atoms with Crippen molar-refractivity contribution in [2.75, 3.05) is 0 Å². The number of aldehydes is 2. The van der Waals surface area contributed by atoms with Gasteiger partial charge in [-0.1, -0.05) is 0 Å². The van der Waals surface area contributed by atoms with Gasteiger partial charge in [0.15, 0.2) is 18.1 Å². The van der Waals surface area contributed by atoms with Crippen molar-refractivity contribution in [2.24, 2.45) is 0 Å². The molecule has 2 rings (SSSR count). The predicted octanol–water partition coefficient (Wildman–Crippen LogP) is -2.03. The van der Waals surface area contributed by atoms with Gasteiger partial charge in [0.2, 0.25) is 5.91 Å². The van der Waals surface area contributed by atoms with Crippen molar-refractivity contribution in [3.8, 4) is 0 Å². The van der Waals surface area contributed by atoms with E-state index in [1.807, 2.05) is 27.7 Å². The average Bonchev–Trinajstić information content (AvgIpc) is 2.53. The summed E-state index contributed by atoms with van der Waals surface area (Å²) in [5, 5.41) is 2.23. The van der Waals surface area contributed by atoms with Crippen LogP contribution >= 0.6 is 0 Å². The van der Waals surface area contributed by atoms with Crippen LogP contribution in [-0.2, 0) is 9.59 Å². The van der Waals surface area contributed by atoms with Gasteiger partial charge in [-0.15, -0.1) is 0 Å². The lowest BCUT2D eigenvalue weighted by Crippen LogP contribution is -3.00. The minimum atomic E-state index is -0.603. The highest BCUT2D eigenvalue weighted by Crippen LogP contribution is 2.24. The molecule has 6 nitrogen and oxygen atoms in total. The average molecular weight is 369 g/mol. The number of hydrogen-bond acceptors (Lipinski definition) is 4. The predicted molar refractivity (Wildman–Crippen MR) is 89.8 cm³/mol. The van der Waals surface area contributed by atoms with Gasteiger partial charge in [-0.2, -0.15) is 0 Å². The van der Waals surface area contributed by atoms with Crippen LogP contribution in [0, 0.1) is 27.7 Å². The highest BCUT2D eigenvalue weighted by atomic mass is 35.5. The molecule has 7 heteroatoms. The van der Waals surface area contributed by atoms with Gasteiger partial charge < -0.3 is 18.1 Å². The summed E-state index contributed by atoms with van der Waals surface area (Å²) in [6.45, 7) is 9.42. The number of hydrogen-bond donors (Lipinski definition) is 2. The van der Waals surface area contributed by atoms with Crippen molar-refractivity contribution in [3.63, 3.8) is 0 Å². The zero-order chi connectivity index (χ0) is 18.7. The minimum absolute atomic E-state index is 0. The fraction of sp³-hybridized carbons (Fsp3) is 0.444. The first-order valence-electron chi connectivity index (χ1n) is 7.77. The lowest BCUT2D eigenvalue weighted by Gasteiger charge is -2.23. The van der Waals surface area contributed by atoms with E-state index in [-0.39, 0.29) is 24.2 Å². The Kier molecular flexibility index (Phi) is 8.15.